The van der Waals surface area contributed by atoms with Gasteiger partial charge in [-0.05, 0) is 50.2 Å². The number of nitrogens with one attached hydrogen (secondary N) is 1. The molecule has 7 nitrogen and oxygen atoms in total. The van der Waals surface area contributed by atoms with E-state index in [1.807, 2.05) is 17.6 Å². The molecule has 0 saturated carbocycles. The molecule has 0 amide bonds. The number of fused-ring (bicyclic) bond motifs is 1. The van der Waals surface area contributed by atoms with E-state index in [-0.39, 0.29) is 4.90 Å². The maximum atomic E-state index is 12.2. The Morgan fingerprint density at radius 1 is 1.31 bits per heavy atom. The van der Waals surface area contributed by atoms with Crippen molar-refractivity contribution >= 4 is 33.3 Å². The summed E-state index contributed by atoms with van der Waals surface area (Å²) < 4.78 is 32.0. The summed E-state index contributed by atoms with van der Waals surface area (Å²) in [6.45, 7) is 6.45. The first kappa shape index (κ1) is 18.8. The number of hydrogen-bond acceptors (Lipinski definition) is 5. The van der Waals surface area contributed by atoms with Crippen LogP contribution in [0.5, 0.6) is 0 Å². The van der Waals surface area contributed by atoms with E-state index < -0.39 is 10.0 Å². The lowest BCUT2D eigenvalue weighted by Crippen LogP contribution is -2.13. The van der Waals surface area contributed by atoms with Crippen molar-refractivity contribution in [3.05, 3.63) is 28.4 Å². The minimum atomic E-state index is -3.94. The fourth-order valence-electron chi connectivity index (χ4n) is 3.23. The summed E-state index contributed by atoms with van der Waals surface area (Å²) in [5.74, 6) is 0.619. The predicted octanol–water partition coefficient (Wildman–Crippen LogP) is 3.81. The van der Waals surface area contributed by atoms with Gasteiger partial charge in [-0.3, -0.25) is 0 Å². The third-order valence-corrected chi connectivity index (χ3v) is 5.72. The number of unbranched alkanes of at least 4 members (excludes halogenated alkanes) is 2. The van der Waals surface area contributed by atoms with Gasteiger partial charge in [0.25, 0.3) is 0 Å². The Morgan fingerprint density at radius 2 is 2.04 bits per heavy atom. The van der Waals surface area contributed by atoms with E-state index in [2.05, 4.69) is 17.1 Å². The molecule has 0 bridgehead atoms. The van der Waals surface area contributed by atoms with Crippen molar-refractivity contribution in [2.45, 2.75) is 51.5 Å². The van der Waals surface area contributed by atoms with Crippen LogP contribution in [0, 0.1) is 18.6 Å². The fraction of sp³-hybridized carbons (Fsp3) is 0.412. The Morgan fingerprint density at radius 3 is 2.62 bits per heavy atom. The van der Waals surface area contributed by atoms with E-state index in [0.717, 1.165) is 24.8 Å². The van der Waals surface area contributed by atoms with Crippen molar-refractivity contribution in [3.8, 4) is 11.1 Å². The highest BCUT2D eigenvalue weighted by molar-refractivity contribution is 7.89. The first-order valence-corrected chi connectivity index (χ1v) is 10.4. The summed E-state index contributed by atoms with van der Waals surface area (Å²) in [7, 11) is -3.94. The second-order valence-corrected chi connectivity index (χ2v) is 8.32. The van der Waals surface area contributed by atoms with E-state index in [1.54, 1.807) is 13.0 Å². The summed E-state index contributed by atoms with van der Waals surface area (Å²) >= 11 is 5.42. The van der Waals surface area contributed by atoms with Crippen LogP contribution in [0.4, 0.5) is 0 Å². The van der Waals surface area contributed by atoms with Crippen molar-refractivity contribution in [1.82, 2.24) is 14.7 Å². The van der Waals surface area contributed by atoms with Crippen molar-refractivity contribution in [2.24, 2.45) is 5.14 Å². The molecule has 3 N–H and O–H groups in total. The van der Waals surface area contributed by atoms with Crippen LogP contribution in [-0.4, -0.2) is 23.1 Å². The third-order valence-electron chi connectivity index (χ3n) is 4.46. The summed E-state index contributed by atoms with van der Waals surface area (Å²) in [6.07, 6.45) is 3.11. The van der Waals surface area contributed by atoms with Gasteiger partial charge in [0.1, 0.15) is 10.7 Å². The molecule has 0 atom stereocenters. The van der Waals surface area contributed by atoms with Crippen molar-refractivity contribution in [2.75, 3.05) is 0 Å². The molecule has 2 heterocycles. The number of nitrogens with zero attached hydrogens (tertiary/aromatic N) is 2. The summed E-state index contributed by atoms with van der Waals surface area (Å²) in [6, 6.07) is 3.46. The summed E-state index contributed by atoms with van der Waals surface area (Å²) in [4.78, 5) is 3.03. The number of imidazole rings is 1. The van der Waals surface area contributed by atoms with E-state index in [4.69, 9.17) is 21.9 Å². The van der Waals surface area contributed by atoms with Crippen LogP contribution in [0.1, 0.15) is 37.6 Å². The number of benzene rings is 1. The zero-order valence-electron chi connectivity index (χ0n) is 15.0. The van der Waals surface area contributed by atoms with Gasteiger partial charge >= 0.3 is 0 Å². The molecule has 3 rings (SSSR count). The Bertz CT molecular complexity index is 1100. The van der Waals surface area contributed by atoms with Crippen LogP contribution in [0.3, 0.4) is 0 Å². The van der Waals surface area contributed by atoms with E-state index in [1.165, 1.54) is 0 Å². The molecule has 0 aliphatic heterocycles. The Hall–Kier alpha value is -1.97. The zero-order chi connectivity index (χ0) is 19.1. The molecule has 0 spiro atoms. The molecule has 0 saturated heterocycles. The van der Waals surface area contributed by atoms with Crippen LogP contribution < -0.4 is 5.14 Å². The normalized spacial score (nSPS) is 12.2. The van der Waals surface area contributed by atoms with Gasteiger partial charge in [-0.25, -0.2) is 13.6 Å². The fourth-order valence-corrected chi connectivity index (χ4v) is 4.25. The quantitative estimate of drug-likeness (QED) is 0.488. The highest BCUT2D eigenvalue weighted by Crippen LogP contribution is 2.33. The van der Waals surface area contributed by atoms with Crippen LogP contribution in [0.2, 0.25) is 0 Å². The molecule has 26 heavy (non-hydrogen) atoms. The molecule has 1 aromatic carbocycles. The van der Waals surface area contributed by atoms with Gasteiger partial charge in [0.2, 0.25) is 10.0 Å². The molecule has 0 unspecified atom stereocenters. The predicted molar refractivity (Wildman–Crippen MR) is 103 cm³/mol. The average Bonchev–Trinajstić information content (AvgIpc) is 3.05. The van der Waals surface area contributed by atoms with Crippen LogP contribution in [-0.2, 0) is 16.6 Å². The lowest BCUT2D eigenvalue weighted by molar-refractivity contribution is 0.393. The second-order valence-electron chi connectivity index (χ2n) is 6.40. The van der Waals surface area contributed by atoms with Gasteiger partial charge in [0.05, 0.1) is 16.7 Å². The number of nitrogens with two attached hydrogens (primary N) is 1. The monoisotopic (exact) mass is 394 g/mol. The van der Waals surface area contributed by atoms with Crippen molar-refractivity contribution in [3.63, 3.8) is 0 Å². The van der Waals surface area contributed by atoms with Gasteiger partial charge < -0.3 is 14.1 Å². The minimum absolute atomic E-state index is 0.0188. The van der Waals surface area contributed by atoms with Gasteiger partial charge in [-0.15, -0.1) is 0 Å². The van der Waals surface area contributed by atoms with Crippen LogP contribution in [0.15, 0.2) is 21.6 Å². The molecule has 0 aliphatic rings. The van der Waals surface area contributed by atoms with Crippen molar-refractivity contribution in [1.29, 1.82) is 0 Å². The van der Waals surface area contributed by atoms with E-state index in [9.17, 15) is 8.42 Å². The zero-order valence-corrected chi connectivity index (χ0v) is 16.6. The highest BCUT2D eigenvalue weighted by Gasteiger charge is 2.21. The Kier molecular flexibility index (Phi) is 5.05. The largest absolute Gasteiger partial charge is 0.361 e. The average molecular weight is 395 g/mol. The number of primary sulfonamides is 1. The first-order valence-electron chi connectivity index (χ1n) is 8.46. The molecular weight excluding hydrogens is 372 g/mol. The molecule has 140 valence electrons. The molecule has 0 radical (unpaired) electrons. The molecule has 9 heteroatoms. The number of rotatable bonds is 6. The Labute approximate surface area is 157 Å². The number of aromatic amines is 1. The molecule has 3 aromatic rings. The lowest BCUT2D eigenvalue weighted by atomic mass is 10.0. The van der Waals surface area contributed by atoms with Gasteiger partial charge in [-0.1, -0.05) is 24.9 Å². The SMILES string of the molecule is CCCCCn1c(=S)[nH]c2c(S(N)(=O)=O)cc(-c3c(C)noc3C)cc21. The summed E-state index contributed by atoms with van der Waals surface area (Å²) in [5, 5.41) is 9.43. The van der Waals surface area contributed by atoms with E-state index >= 15 is 0 Å². The standard InChI is InChI=1S/C17H22N4O3S2/c1-4-5-6-7-21-13-8-12(15-10(2)20-24-11(15)3)9-14(26(18,22)23)16(13)19-17(21)25/h8-9H,4-7H2,1-3H3,(H,19,25)(H2,18,22,23). The number of hydrogen-bond donors (Lipinski definition) is 2. The van der Waals surface area contributed by atoms with Gasteiger partial charge in [0.15, 0.2) is 4.77 Å². The molecule has 0 fully saturated rings. The number of H-pyrrole nitrogens is 1. The maximum Gasteiger partial charge on any atom is 0.240 e. The van der Waals surface area contributed by atoms with Gasteiger partial charge in [0, 0.05) is 12.1 Å². The maximum absolute atomic E-state index is 12.2. The highest BCUT2D eigenvalue weighted by atomic mass is 32.2. The number of aryl methyl sites for hydroxylation is 3. The Balaban J connectivity index is 2.32. The minimum Gasteiger partial charge on any atom is -0.361 e. The smallest absolute Gasteiger partial charge is 0.240 e. The third kappa shape index (κ3) is 3.34. The van der Waals surface area contributed by atoms with Crippen molar-refractivity contribution < 1.29 is 12.9 Å². The molecule has 0 aliphatic carbocycles. The molecule has 2 aromatic heterocycles. The number of aromatic nitrogens is 3. The van der Waals surface area contributed by atoms with Gasteiger partial charge in [-0.2, -0.15) is 0 Å². The topological polar surface area (TPSA) is 107 Å². The first-order chi connectivity index (χ1) is 12.2. The van der Waals surface area contributed by atoms with Crippen LogP contribution in [0.25, 0.3) is 22.2 Å². The molecular formula is C17H22N4O3S2. The second kappa shape index (κ2) is 6.98. The summed E-state index contributed by atoms with van der Waals surface area (Å²) in [5.41, 5.74) is 3.30. The number of sulfonamides is 1. The van der Waals surface area contributed by atoms with E-state index in [0.29, 0.717) is 39.4 Å². The lowest BCUT2D eigenvalue weighted by Gasteiger charge is -2.09. The van der Waals surface area contributed by atoms with Crippen LogP contribution >= 0.6 is 12.2 Å².